The second-order valence-corrected chi connectivity index (χ2v) is 22.0. The Kier molecular flexibility index (Phi) is 65.4. The normalized spacial score (nSPS) is 13.1. The van der Waals surface area contributed by atoms with Gasteiger partial charge in [0.25, 0.3) is 0 Å². The van der Waals surface area contributed by atoms with Crippen molar-refractivity contribution in [1.82, 2.24) is 0 Å². The number of esters is 3. The first-order valence-corrected chi connectivity index (χ1v) is 34.0. The molecule has 0 saturated heterocycles. The molecule has 0 fully saturated rings. The molecule has 0 heterocycles. The number of carbonyl (C=O) groups is 3. The third kappa shape index (κ3) is 67.7. The molecule has 0 bridgehead atoms. The lowest BCUT2D eigenvalue weighted by atomic mass is 10.0. The van der Waals surface area contributed by atoms with E-state index >= 15 is 0 Å². The van der Waals surface area contributed by atoms with E-state index in [0.29, 0.717) is 12.8 Å². The molecule has 0 rings (SSSR count). The Morgan fingerprint density at radius 2 is 0.470 bits per heavy atom. The zero-order chi connectivity index (χ0) is 59.9. The molecule has 0 aromatic heterocycles. The van der Waals surface area contributed by atoms with Crippen molar-refractivity contribution < 1.29 is 28.6 Å². The maximum atomic E-state index is 12.9. The van der Waals surface area contributed by atoms with Gasteiger partial charge >= 0.3 is 17.9 Å². The van der Waals surface area contributed by atoms with Crippen LogP contribution in [-0.4, -0.2) is 37.2 Å². The SMILES string of the molecule is CC/C=C\C/C=C\C/C=C\C/C=C\C/C=C\C/C=C\C/C=C\CCCCCCCC(=O)OCC(COC(=O)CCCCCCCCCCCCCCCCC)OC(=O)CCCCCC/C=C\C/C=C\C/C=C\C/C=C\C/C=C\C/C=C\CC. The van der Waals surface area contributed by atoms with Gasteiger partial charge in [0.2, 0.25) is 0 Å². The zero-order valence-corrected chi connectivity index (χ0v) is 53.7. The van der Waals surface area contributed by atoms with Crippen LogP contribution in [0.3, 0.4) is 0 Å². The van der Waals surface area contributed by atoms with Crippen molar-refractivity contribution in [2.45, 2.75) is 297 Å². The van der Waals surface area contributed by atoms with Crippen molar-refractivity contribution in [2.75, 3.05) is 13.2 Å². The van der Waals surface area contributed by atoms with Gasteiger partial charge in [-0.25, -0.2) is 0 Å². The summed E-state index contributed by atoms with van der Waals surface area (Å²) in [6.45, 7) is 6.39. The van der Waals surface area contributed by atoms with E-state index in [4.69, 9.17) is 14.2 Å². The van der Waals surface area contributed by atoms with Crippen LogP contribution in [0.15, 0.2) is 158 Å². The van der Waals surface area contributed by atoms with Crippen molar-refractivity contribution >= 4 is 17.9 Å². The summed E-state index contributed by atoms with van der Waals surface area (Å²) in [5.41, 5.74) is 0. The number of unbranched alkanes of at least 4 members (excludes halogenated alkanes) is 23. The fraction of sp³-hybridized carbons (Fsp3) is 0.623. The van der Waals surface area contributed by atoms with Gasteiger partial charge in [0.15, 0.2) is 6.10 Å². The molecule has 6 nitrogen and oxygen atoms in total. The highest BCUT2D eigenvalue weighted by Gasteiger charge is 2.19. The van der Waals surface area contributed by atoms with Crippen LogP contribution < -0.4 is 0 Å². The van der Waals surface area contributed by atoms with Crippen LogP contribution in [0.25, 0.3) is 0 Å². The van der Waals surface area contributed by atoms with Gasteiger partial charge in [-0.15, -0.1) is 0 Å². The highest BCUT2D eigenvalue weighted by atomic mass is 16.6. The molecule has 1 unspecified atom stereocenters. The minimum Gasteiger partial charge on any atom is -0.462 e. The van der Waals surface area contributed by atoms with E-state index in [1.165, 1.54) is 77.0 Å². The van der Waals surface area contributed by atoms with Crippen molar-refractivity contribution in [3.63, 3.8) is 0 Å². The average Bonchev–Trinajstić information content (AvgIpc) is 3.49. The van der Waals surface area contributed by atoms with Gasteiger partial charge in [-0.05, 0) is 128 Å². The number of allylic oxidation sites excluding steroid dienone is 26. The third-order valence-electron chi connectivity index (χ3n) is 14.0. The second kappa shape index (κ2) is 69.5. The Labute approximate surface area is 511 Å². The van der Waals surface area contributed by atoms with Crippen LogP contribution in [0.4, 0.5) is 0 Å². The standard InChI is InChI=1S/C77H124O6/c1-4-7-10-13-16-19-22-25-28-30-32-34-36-37-38-39-41-42-44-46-49-52-55-58-61-64-67-70-76(79)82-73-74(72-81-75(78)69-66-63-60-57-54-51-48-27-24-21-18-15-12-9-6-3)83-77(80)71-68-65-62-59-56-53-50-47-45-43-40-35-33-31-29-26-23-20-17-14-11-8-5-2/h7-8,10-11,16-17,19-20,25-26,28-29,32-35,37-38,41-43,45-46,49-50,53,74H,4-6,9,12-15,18,21-24,27,30-31,36,39-40,44,47-48,51-52,54-73H2,1-3H3/b10-7-,11-8-,19-16-,20-17-,28-25-,29-26-,34-32-,35-33-,38-37-,42-41-,45-43-,49-46-,53-50-. The van der Waals surface area contributed by atoms with Gasteiger partial charge in [0.05, 0.1) is 0 Å². The molecular weight excluding hydrogens is 1020 g/mol. The largest absolute Gasteiger partial charge is 0.462 e. The Bertz CT molecular complexity index is 1840. The Hall–Kier alpha value is -4.97. The van der Waals surface area contributed by atoms with Crippen molar-refractivity contribution in [1.29, 1.82) is 0 Å². The third-order valence-corrected chi connectivity index (χ3v) is 14.0. The summed E-state index contributed by atoms with van der Waals surface area (Å²) in [5, 5.41) is 0. The van der Waals surface area contributed by atoms with Crippen LogP contribution in [0, 0.1) is 0 Å². The summed E-state index contributed by atoms with van der Waals surface area (Å²) in [6, 6.07) is 0. The molecule has 0 spiro atoms. The van der Waals surface area contributed by atoms with E-state index in [1.807, 2.05) is 0 Å². The second-order valence-electron chi connectivity index (χ2n) is 22.0. The molecule has 1 atom stereocenters. The number of ether oxygens (including phenoxy) is 3. The first-order valence-electron chi connectivity index (χ1n) is 34.0. The summed E-state index contributed by atoms with van der Waals surface area (Å²) < 4.78 is 16.9. The Morgan fingerprint density at radius 1 is 0.253 bits per heavy atom. The monoisotopic (exact) mass is 1140 g/mol. The molecule has 0 aliphatic rings. The van der Waals surface area contributed by atoms with Gasteiger partial charge < -0.3 is 14.2 Å². The van der Waals surface area contributed by atoms with Crippen LogP contribution in [0.5, 0.6) is 0 Å². The molecule has 0 aromatic carbocycles. The number of hydrogen-bond donors (Lipinski definition) is 0. The maximum Gasteiger partial charge on any atom is 0.306 e. The lowest BCUT2D eigenvalue weighted by Gasteiger charge is -2.18. The molecule has 83 heavy (non-hydrogen) atoms. The summed E-state index contributed by atoms with van der Waals surface area (Å²) in [6.07, 6.45) is 101. The molecule has 0 aliphatic heterocycles. The average molecular weight is 1150 g/mol. The van der Waals surface area contributed by atoms with Crippen molar-refractivity contribution in [3.05, 3.63) is 158 Å². The van der Waals surface area contributed by atoms with Gasteiger partial charge in [0, 0.05) is 19.3 Å². The van der Waals surface area contributed by atoms with E-state index in [2.05, 4.69) is 179 Å². The maximum absolute atomic E-state index is 12.9. The topological polar surface area (TPSA) is 78.9 Å². The van der Waals surface area contributed by atoms with Gasteiger partial charge in [-0.3, -0.25) is 14.4 Å². The van der Waals surface area contributed by atoms with E-state index in [-0.39, 0.29) is 37.5 Å². The molecule has 0 aliphatic carbocycles. The molecule has 0 N–H and O–H groups in total. The molecule has 0 radical (unpaired) electrons. The molecule has 0 saturated carbocycles. The van der Waals surface area contributed by atoms with Gasteiger partial charge in [-0.2, -0.15) is 0 Å². The van der Waals surface area contributed by atoms with E-state index in [9.17, 15) is 14.4 Å². The van der Waals surface area contributed by atoms with E-state index in [1.54, 1.807) is 0 Å². The van der Waals surface area contributed by atoms with E-state index < -0.39 is 6.10 Å². The van der Waals surface area contributed by atoms with Crippen LogP contribution >= 0.6 is 0 Å². The lowest BCUT2D eigenvalue weighted by Crippen LogP contribution is -2.30. The first kappa shape index (κ1) is 78.0. The first-order chi connectivity index (χ1) is 41.0. The number of rotatable bonds is 60. The Morgan fingerprint density at radius 3 is 0.735 bits per heavy atom. The van der Waals surface area contributed by atoms with Crippen molar-refractivity contribution in [2.24, 2.45) is 0 Å². The zero-order valence-electron chi connectivity index (χ0n) is 53.7. The molecule has 0 aromatic rings. The predicted molar refractivity (Wildman–Crippen MR) is 362 cm³/mol. The fourth-order valence-electron chi connectivity index (χ4n) is 9.01. The van der Waals surface area contributed by atoms with E-state index in [0.717, 1.165) is 173 Å². The highest BCUT2D eigenvalue weighted by molar-refractivity contribution is 5.71. The summed E-state index contributed by atoms with van der Waals surface area (Å²) in [5.74, 6) is -0.941. The van der Waals surface area contributed by atoms with Gasteiger partial charge in [-0.1, -0.05) is 301 Å². The lowest BCUT2D eigenvalue weighted by molar-refractivity contribution is -0.167. The van der Waals surface area contributed by atoms with Crippen LogP contribution in [0.2, 0.25) is 0 Å². The quantitative estimate of drug-likeness (QED) is 0.0261. The number of hydrogen-bond acceptors (Lipinski definition) is 6. The Balaban J connectivity index is 4.48. The highest BCUT2D eigenvalue weighted by Crippen LogP contribution is 2.16. The minimum absolute atomic E-state index is 0.0988. The van der Waals surface area contributed by atoms with Crippen molar-refractivity contribution in [3.8, 4) is 0 Å². The number of carbonyl (C=O) groups excluding carboxylic acids is 3. The summed E-state index contributed by atoms with van der Waals surface area (Å²) in [4.78, 5) is 38.4. The molecule has 6 heteroatoms. The van der Waals surface area contributed by atoms with Gasteiger partial charge in [0.1, 0.15) is 13.2 Å². The summed E-state index contributed by atoms with van der Waals surface area (Å²) in [7, 11) is 0. The molecule has 468 valence electrons. The summed E-state index contributed by atoms with van der Waals surface area (Å²) >= 11 is 0. The smallest absolute Gasteiger partial charge is 0.306 e. The van der Waals surface area contributed by atoms with Crippen LogP contribution in [-0.2, 0) is 28.6 Å². The predicted octanol–water partition coefficient (Wildman–Crippen LogP) is 23.7. The van der Waals surface area contributed by atoms with Crippen LogP contribution in [0.1, 0.15) is 290 Å². The molecule has 0 amide bonds. The minimum atomic E-state index is -0.808. The fourth-order valence-corrected chi connectivity index (χ4v) is 9.01. The molecular formula is C77H124O6.